The van der Waals surface area contributed by atoms with Crippen LogP contribution in [0.1, 0.15) is 25.6 Å². The second-order valence-corrected chi connectivity index (χ2v) is 2.44. The highest BCUT2D eigenvalue weighted by molar-refractivity contribution is 5.93. The molecule has 16 heavy (non-hydrogen) atoms. The van der Waals surface area contributed by atoms with E-state index in [-0.39, 0.29) is 6.99 Å². The molecular formula is C10H14F3NO2. The van der Waals surface area contributed by atoms with Crippen LogP contribution in [0, 0.1) is 0 Å². The van der Waals surface area contributed by atoms with Gasteiger partial charge in [-0.05, 0) is 18.2 Å². The van der Waals surface area contributed by atoms with Gasteiger partial charge in [-0.1, -0.05) is 19.9 Å². The van der Waals surface area contributed by atoms with Gasteiger partial charge in [0.25, 0.3) is 0 Å². The Hall–Kier alpha value is -1.72. The van der Waals surface area contributed by atoms with Gasteiger partial charge in [-0.2, -0.15) is 0 Å². The molecule has 0 fully saturated rings. The van der Waals surface area contributed by atoms with E-state index in [1.165, 1.54) is 12.1 Å². The summed E-state index contributed by atoms with van der Waals surface area (Å²) >= 11 is 0. The van der Waals surface area contributed by atoms with E-state index in [4.69, 9.17) is 5.73 Å². The molecule has 0 heterocycles. The average Bonchev–Trinajstić information content (AvgIpc) is 2.18. The second-order valence-electron chi connectivity index (χ2n) is 2.44. The van der Waals surface area contributed by atoms with E-state index in [2.05, 4.69) is 4.74 Å². The number of carbonyl (C=O) groups excluding carboxylic acids is 1. The lowest BCUT2D eigenvalue weighted by molar-refractivity contribution is -0.274. The van der Waals surface area contributed by atoms with Crippen LogP contribution in [-0.4, -0.2) is 12.3 Å². The minimum atomic E-state index is -4.77. The van der Waals surface area contributed by atoms with E-state index in [1.807, 2.05) is 13.8 Å². The molecule has 0 saturated carbocycles. The number of benzene rings is 1. The number of rotatable bonds is 2. The van der Waals surface area contributed by atoms with Crippen LogP contribution in [0.3, 0.4) is 0 Å². The maximum Gasteiger partial charge on any atom is 0.573 e. The second kappa shape index (κ2) is 5.99. The first-order valence-electron chi connectivity index (χ1n) is 4.54. The van der Waals surface area contributed by atoms with Gasteiger partial charge in [0, 0.05) is 6.99 Å². The Balaban J connectivity index is 0. The number of alkyl halides is 3. The third kappa shape index (κ3) is 5.23. The monoisotopic (exact) mass is 237 g/mol. The number of carbonyl (C=O) groups is 1. The van der Waals surface area contributed by atoms with Crippen LogP contribution < -0.4 is 10.5 Å². The molecular weight excluding hydrogens is 223 g/mol. The van der Waals surface area contributed by atoms with Crippen LogP contribution in [0.2, 0.25) is 0 Å². The normalized spacial score (nSPS) is 10.1. The molecule has 0 aliphatic rings. The Morgan fingerprint density at radius 3 is 2.38 bits per heavy atom. The van der Waals surface area contributed by atoms with Gasteiger partial charge in [0.05, 0.1) is 0 Å². The maximum absolute atomic E-state index is 11.7. The highest BCUT2D eigenvalue weighted by Crippen LogP contribution is 2.22. The van der Waals surface area contributed by atoms with Crippen molar-refractivity contribution in [3.63, 3.8) is 0 Å². The van der Waals surface area contributed by atoms with Crippen LogP contribution in [-0.2, 0) is 0 Å². The molecule has 3 nitrogen and oxygen atoms in total. The minimum absolute atomic E-state index is 0. The van der Waals surface area contributed by atoms with E-state index in [1.54, 1.807) is 0 Å². The van der Waals surface area contributed by atoms with Gasteiger partial charge in [-0.15, -0.1) is 13.2 Å². The van der Waals surface area contributed by atoms with Gasteiger partial charge in [0.15, 0.2) is 0 Å². The van der Waals surface area contributed by atoms with Crippen molar-refractivity contribution in [1.29, 1.82) is 0 Å². The van der Waals surface area contributed by atoms with Crippen molar-refractivity contribution in [2.24, 2.45) is 5.73 Å². The maximum atomic E-state index is 11.7. The van der Waals surface area contributed by atoms with E-state index in [9.17, 15) is 18.0 Å². The minimum Gasteiger partial charge on any atom is -0.406 e. The van der Waals surface area contributed by atoms with Gasteiger partial charge in [-0.25, -0.2) is 0 Å². The summed E-state index contributed by atoms with van der Waals surface area (Å²) in [4.78, 5) is 10.6. The molecule has 2 N–H and O–H groups in total. The van der Waals surface area contributed by atoms with Crippen molar-refractivity contribution >= 4 is 5.91 Å². The first-order chi connectivity index (χ1) is 7.38. The van der Waals surface area contributed by atoms with Crippen LogP contribution in [0.25, 0.3) is 0 Å². The molecule has 92 valence electrons. The van der Waals surface area contributed by atoms with Crippen molar-refractivity contribution in [3.05, 3.63) is 29.8 Å². The van der Waals surface area contributed by atoms with Crippen molar-refractivity contribution in [3.8, 4) is 5.75 Å². The number of primary amides is 1. The molecule has 0 atom stereocenters. The zero-order valence-corrected chi connectivity index (χ0v) is 8.84. The fraction of sp³-hybridized carbons (Fsp3) is 0.300. The summed E-state index contributed by atoms with van der Waals surface area (Å²) in [5.41, 5.74) is 4.84. The van der Waals surface area contributed by atoms with Crippen molar-refractivity contribution in [2.45, 2.75) is 20.2 Å². The molecule has 0 spiro atoms. The molecule has 0 bridgehead atoms. The molecule has 0 aliphatic carbocycles. The number of hydrogen-bond donors (Lipinski definition) is 1. The first-order valence-corrected chi connectivity index (χ1v) is 4.54. The summed E-state index contributed by atoms with van der Waals surface area (Å²) in [6, 6.07) is 4.56. The van der Waals surface area contributed by atoms with Crippen molar-refractivity contribution < 1.29 is 24.1 Å². The van der Waals surface area contributed by atoms with Crippen molar-refractivity contribution in [2.75, 3.05) is 0 Å². The lowest BCUT2D eigenvalue weighted by Gasteiger charge is -2.08. The predicted octanol–water partition coefficient (Wildman–Crippen LogP) is 2.96. The predicted molar refractivity (Wildman–Crippen MR) is 55.1 cm³/mol. The zero-order valence-electron chi connectivity index (χ0n) is 8.84. The summed E-state index contributed by atoms with van der Waals surface area (Å²) in [5, 5.41) is 0. The Kier molecular flexibility index (Phi) is 5.35. The zero-order chi connectivity index (χ0) is 12.8. The molecule has 1 amide bonds. The molecule has 0 radical (unpaired) electrons. The Labute approximate surface area is 92.5 Å². The van der Waals surface area contributed by atoms with Gasteiger partial charge >= 0.3 is 6.36 Å². The van der Waals surface area contributed by atoms with E-state index in [0.717, 1.165) is 12.1 Å². The van der Waals surface area contributed by atoms with Crippen molar-refractivity contribution in [1.82, 2.24) is 0 Å². The quantitative estimate of drug-likeness (QED) is 0.859. The fourth-order valence-corrected chi connectivity index (χ4v) is 0.846. The number of nitrogens with two attached hydrogens (primary N) is 1. The average molecular weight is 237 g/mol. The van der Waals surface area contributed by atoms with E-state index in [0.29, 0.717) is 0 Å². The molecule has 6 heteroatoms. The third-order valence-corrected chi connectivity index (χ3v) is 1.35. The molecule has 1 aromatic rings. The molecule has 1 rings (SSSR count). The largest absolute Gasteiger partial charge is 0.573 e. The summed E-state index contributed by atoms with van der Waals surface area (Å²) in [6.07, 6.45) is -4.77. The first kappa shape index (κ1) is 14.3. The molecule has 0 aromatic heterocycles. The van der Waals surface area contributed by atoms with Crippen LogP contribution in [0.4, 0.5) is 13.2 Å². The van der Waals surface area contributed by atoms with Gasteiger partial charge in [-0.3, -0.25) is 4.79 Å². The Morgan fingerprint density at radius 1 is 1.38 bits per heavy atom. The molecule has 0 unspecified atom stereocenters. The van der Waals surface area contributed by atoms with E-state index < -0.39 is 18.0 Å². The Morgan fingerprint density at radius 2 is 1.94 bits per heavy atom. The van der Waals surface area contributed by atoms with Gasteiger partial charge < -0.3 is 10.5 Å². The number of ether oxygens (including phenoxy) is 1. The highest BCUT2D eigenvalue weighted by atomic mass is 19.4. The van der Waals surface area contributed by atoms with E-state index >= 15 is 0 Å². The van der Waals surface area contributed by atoms with Gasteiger partial charge in [0.2, 0.25) is 5.91 Å². The molecule has 1 aromatic carbocycles. The smallest absolute Gasteiger partial charge is 0.406 e. The third-order valence-electron chi connectivity index (χ3n) is 1.35. The van der Waals surface area contributed by atoms with Crippen LogP contribution in [0.5, 0.6) is 5.75 Å². The lowest BCUT2D eigenvalue weighted by atomic mass is 10.2. The fourth-order valence-electron chi connectivity index (χ4n) is 0.846. The summed E-state index contributed by atoms with van der Waals surface area (Å²) in [6.45, 7) is 4.00. The van der Waals surface area contributed by atoms with Crippen LogP contribution >= 0.6 is 0 Å². The van der Waals surface area contributed by atoms with Gasteiger partial charge in [0.1, 0.15) is 5.75 Å². The molecule has 0 saturated heterocycles. The summed E-state index contributed by atoms with van der Waals surface area (Å²) < 4.78 is 38.8. The summed E-state index contributed by atoms with van der Waals surface area (Å²) in [7, 11) is 0. The SMILES string of the molecule is CC.NC(=O)c1cccc(OC(F)(F)F)c1.[HH]. The topological polar surface area (TPSA) is 52.3 Å². The van der Waals surface area contributed by atoms with Crippen LogP contribution in [0.15, 0.2) is 24.3 Å². The number of amides is 1. The Bertz CT molecular complexity index is 356. The standard InChI is InChI=1S/C8H6F3NO2.C2H6.H2/c9-8(10,11)14-6-3-1-2-5(4-6)7(12)13;1-2;/h1-4H,(H2,12,13);1-2H3;1H. The lowest BCUT2D eigenvalue weighted by Crippen LogP contribution is -2.18. The highest BCUT2D eigenvalue weighted by Gasteiger charge is 2.31. The number of halogens is 3. The molecule has 0 aliphatic heterocycles. The number of hydrogen-bond acceptors (Lipinski definition) is 2. The summed E-state index contributed by atoms with van der Waals surface area (Å²) in [5.74, 6) is -1.27.